The van der Waals surface area contributed by atoms with Gasteiger partial charge < -0.3 is 10.6 Å². The van der Waals surface area contributed by atoms with E-state index in [1.807, 2.05) is 11.7 Å². The second-order valence-electron chi connectivity index (χ2n) is 6.20. The molecule has 106 valence electrons. The van der Waals surface area contributed by atoms with Crippen molar-refractivity contribution < 1.29 is 0 Å². The van der Waals surface area contributed by atoms with Gasteiger partial charge in [0.2, 0.25) is 0 Å². The highest BCUT2D eigenvalue weighted by Gasteiger charge is 2.33. The van der Waals surface area contributed by atoms with Gasteiger partial charge in [-0.2, -0.15) is 5.10 Å². The van der Waals surface area contributed by atoms with Gasteiger partial charge in [0.25, 0.3) is 0 Å². The molecule has 0 aromatic carbocycles. The highest BCUT2D eigenvalue weighted by molar-refractivity contribution is 5.46. The Morgan fingerprint density at radius 1 is 1.26 bits per heavy atom. The summed E-state index contributed by atoms with van der Waals surface area (Å²) in [5.41, 5.74) is 2.34. The molecule has 4 heteroatoms. The molecule has 1 aliphatic carbocycles. The molecule has 0 radical (unpaired) electrons. The van der Waals surface area contributed by atoms with Crippen LogP contribution in [0.3, 0.4) is 0 Å². The standard InChI is InChI=1S/C15H26N4/c1-11-15(10-19(2)18-11)17-14-7-4-3-6-12(14)13-8-5-9-16-13/h10,12-14,16-17H,3-9H2,1-2H3. The van der Waals surface area contributed by atoms with Crippen molar-refractivity contribution in [3.8, 4) is 0 Å². The Kier molecular flexibility index (Phi) is 3.78. The number of anilines is 1. The van der Waals surface area contributed by atoms with Crippen molar-refractivity contribution in [1.29, 1.82) is 0 Å². The maximum Gasteiger partial charge on any atom is 0.0825 e. The minimum Gasteiger partial charge on any atom is -0.379 e. The van der Waals surface area contributed by atoms with Crippen LogP contribution in [0.15, 0.2) is 6.20 Å². The van der Waals surface area contributed by atoms with E-state index in [0.717, 1.165) is 17.7 Å². The van der Waals surface area contributed by atoms with Crippen LogP contribution in [0.2, 0.25) is 0 Å². The molecular weight excluding hydrogens is 236 g/mol. The van der Waals surface area contributed by atoms with Gasteiger partial charge in [-0.05, 0) is 45.1 Å². The van der Waals surface area contributed by atoms with Crippen molar-refractivity contribution in [2.75, 3.05) is 11.9 Å². The van der Waals surface area contributed by atoms with Crippen LogP contribution < -0.4 is 10.6 Å². The van der Waals surface area contributed by atoms with Gasteiger partial charge in [-0.3, -0.25) is 4.68 Å². The van der Waals surface area contributed by atoms with E-state index >= 15 is 0 Å². The molecule has 1 aromatic heterocycles. The van der Waals surface area contributed by atoms with Crippen molar-refractivity contribution in [2.24, 2.45) is 13.0 Å². The van der Waals surface area contributed by atoms with Gasteiger partial charge in [-0.1, -0.05) is 12.8 Å². The van der Waals surface area contributed by atoms with Crippen LogP contribution in [-0.4, -0.2) is 28.4 Å². The molecule has 19 heavy (non-hydrogen) atoms. The van der Waals surface area contributed by atoms with Gasteiger partial charge in [-0.15, -0.1) is 0 Å². The summed E-state index contributed by atoms with van der Waals surface area (Å²) in [6, 6.07) is 1.35. The number of hydrogen-bond donors (Lipinski definition) is 2. The summed E-state index contributed by atoms with van der Waals surface area (Å²) in [6.07, 6.45) is 10.2. The van der Waals surface area contributed by atoms with Crippen LogP contribution in [0.5, 0.6) is 0 Å². The second kappa shape index (κ2) is 5.53. The Labute approximate surface area is 116 Å². The highest BCUT2D eigenvalue weighted by atomic mass is 15.3. The Bertz CT molecular complexity index is 420. The van der Waals surface area contributed by atoms with Crippen molar-refractivity contribution in [3.05, 3.63) is 11.9 Å². The van der Waals surface area contributed by atoms with Gasteiger partial charge in [0.05, 0.1) is 11.4 Å². The Hall–Kier alpha value is -1.03. The first kappa shape index (κ1) is 13.0. The van der Waals surface area contributed by atoms with E-state index in [1.165, 1.54) is 50.8 Å². The van der Waals surface area contributed by atoms with Crippen LogP contribution in [0.1, 0.15) is 44.2 Å². The molecule has 1 aromatic rings. The lowest BCUT2D eigenvalue weighted by atomic mass is 9.79. The van der Waals surface area contributed by atoms with Crippen LogP contribution in [0, 0.1) is 12.8 Å². The fraction of sp³-hybridized carbons (Fsp3) is 0.800. The van der Waals surface area contributed by atoms with Gasteiger partial charge in [-0.25, -0.2) is 0 Å². The summed E-state index contributed by atoms with van der Waals surface area (Å²) in [4.78, 5) is 0. The van der Waals surface area contributed by atoms with E-state index in [1.54, 1.807) is 0 Å². The minimum absolute atomic E-state index is 0.618. The second-order valence-corrected chi connectivity index (χ2v) is 6.20. The SMILES string of the molecule is Cc1nn(C)cc1NC1CCCCC1C1CCCN1. The molecule has 1 saturated heterocycles. The van der Waals surface area contributed by atoms with E-state index in [2.05, 4.69) is 28.9 Å². The number of aromatic nitrogens is 2. The summed E-state index contributed by atoms with van der Waals surface area (Å²) >= 11 is 0. The lowest BCUT2D eigenvalue weighted by Gasteiger charge is -2.36. The third-order valence-corrected chi connectivity index (χ3v) is 4.79. The molecular formula is C15H26N4. The first-order valence-electron chi connectivity index (χ1n) is 7.74. The molecule has 0 bridgehead atoms. The van der Waals surface area contributed by atoms with Crippen molar-refractivity contribution >= 4 is 5.69 Å². The molecule has 2 heterocycles. The van der Waals surface area contributed by atoms with Crippen LogP contribution in [-0.2, 0) is 7.05 Å². The molecule has 2 N–H and O–H groups in total. The third-order valence-electron chi connectivity index (χ3n) is 4.79. The molecule has 3 rings (SSSR count). The van der Waals surface area contributed by atoms with Gasteiger partial charge >= 0.3 is 0 Å². The average molecular weight is 262 g/mol. The smallest absolute Gasteiger partial charge is 0.0825 e. The Morgan fingerprint density at radius 2 is 2.11 bits per heavy atom. The lowest BCUT2D eigenvalue weighted by Crippen LogP contribution is -2.43. The largest absolute Gasteiger partial charge is 0.379 e. The Balaban J connectivity index is 1.71. The number of aryl methyl sites for hydroxylation is 2. The van der Waals surface area contributed by atoms with Gasteiger partial charge in [0, 0.05) is 25.3 Å². The van der Waals surface area contributed by atoms with Crippen LogP contribution in [0.25, 0.3) is 0 Å². The predicted molar refractivity (Wildman–Crippen MR) is 78.3 cm³/mol. The zero-order chi connectivity index (χ0) is 13.2. The van der Waals surface area contributed by atoms with E-state index in [-0.39, 0.29) is 0 Å². The molecule has 1 aliphatic heterocycles. The molecule has 3 unspecified atom stereocenters. The lowest BCUT2D eigenvalue weighted by molar-refractivity contribution is 0.262. The molecule has 2 aliphatic rings. The maximum atomic E-state index is 4.44. The molecule has 0 amide bonds. The summed E-state index contributed by atoms with van der Waals surface area (Å²) in [5, 5.41) is 11.9. The Morgan fingerprint density at radius 3 is 2.79 bits per heavy atom. The minimum atomic E-state index is 0.618. The number of rotatable bonds is 3. The zero-order valence-electron chi connectivity index (χ0n) is 12.2. The summed E-state index contributed by atoms with van der Waals surface area (Å²) < 4.78 is 1.91. The summed E-state index contributed by atoms with van der Waals surface area (Å²) in [6.45, 7) is 3.30. The van der Waals surface area contributed by atoms with Crippen molar-refractivity contribution in [3.63, 3.8) is 0 Å². The van der Waals surface area contributed by atoms with Gasteiger partial charge in [0.1, 0.15) is 0 Å². The third kappa shape index (κ3) is 2.78. The van der Waals surface area contributed by atoms with Gasteiger partial charge in [0.15, 0.2) is 0 Å². The average Bonchev–Trinajstić information content (AvgIpc) is 3.01. The number of nitrogens with zero attached hydrogens (tertiary/aromatic N) is 2. The molecule has 3 atom stereocenters. The predicted octanol–water partition coefficient (Wildman–Crippen LogP) is 2.45. The first-order chi connectivity index (χ1) is 9.24. The quantitative estimate of drug-likeness (QED) is 0.879. The normalized spacial score (nSPS) is 31.6. The maximum absolute atomic E-state index is 4.44. The van der Waals surface area contributed by atoms with Crippen molar-refractivity contribution in [1.82, 2.24) is 15.1 Å². The zero-order valence-corrected chi connectivity index (χ0v) is 12.2. The number of nitrogens with one attached hydrogen (secondary N) is 2. The monoisotopic (exact) mass is 262 g/mol. The first-order valence-corrected chi connectivity index (χ1v) is 7.74. The van der Waals surface area contributed by atoms with Crippen LogP contribution >= 0.6 is 0 Å². The summed E-state index contributed by atoms with van der Waals surface area (Å²) in [7, 11) is 2.00. The van der Waals surface area contributed by atoms with E-state index in [9.17, 15) is 0 Å². The van der Waals surface area contributed by atoms with E-state index in [4.69, 9.17) is 0 Å². The highest BCUT2D eigenvalue weighted by Crippen LogP contribution is 2.33. The molecule has 4 nitrogen and oxygen atoms in total. The fourth-order valence-electron chi connectivity index (χ4n) is 3.84. The van der Waals surface area contributed by atoms with E-state index < -0.39 is 0 Å². The fourth-order valence-corrected chi connectivity index (χ4v) is 3.84. The topological polar surface area (TPSA) is 41.9 Å². The summed E-state index contributed by atoms with van der Waals surface area (Å²) in [5.74, 6) is 0.788. The van der Waals surface area contributed by atoms with E-state index in [0.29, 0.717) is 6.04 Å². The van der Waals surface area contributed by atoms with Crippen LogP contribution in [0.4, 0.5) is 5.69 Å². The molecule has 2 fully saturated rings. The molecule has 0 spiro atoms. The molecule has 1 saturated carbocycles. The van der Waals surface area contributed by atoms with Crippen molar-refractivity contribution in [2.45, 2.75) is 57.5 Å². The number of hydrogen-bond acceptors (Lipinski definition) is 3.